The van der Waals surface area contributed by atoms with Gasteiger partial charge in [0, 0.05) is 48.1 Å². The third-order valence-electron chi connectivity index (χ3n) is 8.47. The van der Waals surface area contributed by atoms with E-state index in [0.29, 0.717) is 11.1 Å². The van der Waals surface area contributed by atoms with Crippen molar-refractivity contribution in [2.24, 2.45) is 0 Å². The Morgan fingerprint density at radius 2 is 1.66 bits per heavy atom. The minimum absolute atomic E-state index is 0. The molecule has 3 aromatic carbocycles. The molecule has 4 heterocycles. The van der Waals surface area contributed by atoms with Crippen LogP contribution in [0.15, 0.2) is 102 Å². The summed E-state index contributed by atoms with van der Waals surface area (Å²) in [5.41, 5.74) is 11.3. The van der Waals surface area contributed by atoms with Crippen molar-refractivity contribution < 1.29 is 20.1 Å². The normalized spacial score (nSPS) is 17.7. The molecular weight excluding hydrogens is 696 g/mol. The maximum absolute atomic E-state index is 4.74. The van der Waals surface area contributed by atoms with Gasteiger partial charge in [0.25, 0.3) is 0 Å². The SMILES string of the molecule is CC1(C)c2ccc[c-]c2B(c2ccccn2)C2Sc3ccccc3C21.Cc1c[c-]c(-c2cc(C)c(C)cn2)cc1.[Ir]. The quantitative estimate of drug-likeness (QED) is 0.144. The fraction of sp³-hybridized carbons (Fsp3) is 0.222. The number of pyridine rings is 2. The van der Waals surface area contributed by atoms with E-state index in [9.17, 15) is 0 Å². The summed E-state index contributed by atoms with van der Waals surface area (Å²) in [7, 11) is 0. The minimum Gasteiger partial charge on any atom is -0.304 e. The van der Waals surface area contributed by atoms with Crippen molar-refractivity contribution in [2.45, 2.75) is 56.0 Å². The van der Waals surface area contributed by atoms with Crippen molar-refractivity contribution in [2.75, 3.05) is 0 Å². The van der Waals surface area contributed by atoms with E-state index in [1.165, 1.54) is 38.2 Å². The first-order chi connectivity index (χ1) is 19.3. The third kappa shape index (κ3) is 5.60. The molecule has 207 valence electrons. The zero-order valence-corrected chi connectivity index (χ0v) is 27.3. The van der Waals surface area contributed by atoms with Crippen molar-refractivity contribution in [1.29, 1.82) is 0 Å². The van der Waals surface area contributed by atoms with Gasteiger partial charge in [-0.1, -0.05) is 56.7 Å². The molecule has 0 saturated carbocycles. The number of nitrogens with zero attached hydrogens (tertiary/aromatic N) is 2. The Hall–Kier alpha value is -2.98. The molecule has 5 heteroatoms. The van der Waals surface area contributed by atoms with Gasteiger partial charge in [-0.2, -0.15) is 35.3 Å². The van der Waals surface area contributed by atoms with Crippen molar-refractivity contribution in [3.8, 4) is 11.3 Å². The summed E-state index contributed by atoms with van der Waals surface area (Å²) in [5.74, 6) is 0.490. The molecule has 2 nitrogen and oxygen atoms in total. The van der Waals surface area contributed by atoms with E-state index in [0.717, 1.165) is 16.9 Å². The zero-order chi connectivity index (χ0) is 27.9. The van der Waals surface area contributed by atoms with E-state index in [-0.39, 0.29) is 32.2 Å². The molecule has 5 aromatic rings. The molecular formula is C36H33BIrN2S-2. The molecule has 2 aliphatic rings. The number of hydrogen-bond acceptors (Lipinski definition) is 3. The Bertz CT molecular complexity index is 1650. The summed E-state index contributed by atoms with van der Waals surface area (Å²) in [5, 5.41) is 0.466. The number of benzene rings is 3. The molecule has 0 fully saturated rings. The topological polar surface area (TPSA) is 25.8 Å². The molecule has 2 unspecified atom stereocenters. The van der Waals surface area contributed by atoms with E-state index in [1.54, 1.807) is 0 Å². The van der Waals surface area contributed by atoms with Crippen LogP contribution in [0, 0.1) is 32.9 Å². The summed E-state index contributed by atoms with van der Waals surface area (Å²) < 4.78 is 0. The van der Waals surface area contributed by atoms with Crippen LogP contribution < -0.4 is 11.1 Å². The van der Waals surface area contributed by atoms with Gasteiger partial charge in [-0.05, 0) is 60.2 Å². The minimum atomic E-state index is 0. The van der Waals surface area contributed by atoms with Crippen LogP contribution in [0.2, 0.25) is 0 Å². The van der Waals surface area contributed by atoms with Crippen molar-refractivity contribution in [1.82, 2.24) is 9.97 Å². The fourth-order valence-electron chi connectivity index (χ4n) is 6.21. The molecule has 0 N–H and O–H groups in total. The van der Waals surface area contributed by atoms with Crippen LogP contribution in [0.3, 0.4) is 0 Å². The summed E-state index contributed by atoms with van der Waals surface area (Å²) >= 11 is 2.03. The number of aromatic nitrogens is 2. The van der Waals surface area contributed by atoms with Crippen LogP contribution in [0.5, 0.6) is 0 Å². The molecule has 2 atom stereocenters. The van der Waals surface area contributed by atoms with E-state index in [1.807, 2.05) is 36.3 Å². The maximum Gasteiger partial charge on any atom is 0.222 e. The van der Waals surface area contributed by atoms with Gasteiger partial charge in [0.05, 0.1) is 0 Å². The Balaban J connectivity index is 0.000000182. The van der Waals surface area contributed by atoms with Crippen LogP contribution in [0.1, 0.15) is 47.6 Å². The summed E-state index contributed by atoms with van der Waals surface area (Å²) in [6.07, 6.45) is 3.83. The first-order valence-corrected chi connectivity index (χ1v) is 14.8. The van der Waals surface area contributed by atoms with Gasteiger partial charge in [-0.3, -0.25) is 4.98 Å². The second-order valence-electron chi connectivity index (χ2n) is 11.5. The van der Waals surface area contributed by atoms with Crippen LogP contribution >= 0.6 is 11.8 Å². The molecule has 2 aromatic heterocycles. The van der Waals surface area contributed by atoms with Gasteiger partial charge in [0.2, 0.25) is 6.71 Å². The fourth-order valence-corrected chi connectivity index (χ4v) is 8.02. The molecule has 41 heavy (non-hydrogen) atoms. The number of fused-ring (bicyclic) bond motifs is 4. The summed E-state index contributed by atoms with van der Waals surface area (Å²) in [6, 6.07) is 36.8. The Labute approximate surface area is 262 Å². The molecule has 0 amide bonds. The van der Waals surface area contributed by atoms with Crippen LogP contribution in [0.4, 0.5) is 0 Å². The largest absolute Gasteiger partial charge is 0.304 e. The van der Waals surface area contributed by atoms with E-state index in [2.05, 4.69) is 125 Å². The number of hydrogen-bond donors (Lipinski definition) is 0. The van der Waals surface area contributed by atoms with Crippen molar-refractivity contribution >= 4 is 29.5 Å². The molecule has 0 bridgehead atoms. The molecule has 0 saturated heterocycles. The second-order valence-corrected chi connectivity index (χ2v) is 12.7. The standard InChI is InChI=1S/C22H19BNS.C14H14N.Ir/c1-22(2)16-10-4-5-11-17(16)23(19-13-7-8-14-24-19)21-20(22)15-9-3-6-12-18(15)25-21;1-10-4-6-13(7-5-10)14-8-11(2)12(3)9-15-14;/h3-10,12-14,20-21H,1-2H3;4-6,8-9H,1-3H3;/q2*-1;. The number of rotatable bonds is 2. The smallest absolute Gasteiger partial charge is 0.222 e. The van der Waals surface area contributed by atoms with E-state index in [4.69, 9.17) is 4.98 Å². The Kier molecular flexibility index (Phi) is 8.71. The number of aryl methyl sites for hydroxylation is 3. The molecule has 2 aliphatic heterocycles. The van der Waals surface area contributed by atoms with E-state index < -0.39 is 0 Å². The maximum atomic E-state index is 4.74. The first kappa shape index (κ1) is 29.5. The monoisotopic (exact) mass is 729 g/mol. The Morgan fingerprint density at radius 3 is 2.39 bits per heavy atom. The van der Waals surface area contributed by atoms with Crippen LogP contribution in [-0.4, -0.2) is 21.8 Å². The van der Waals surface area contributed by atoms with Gasteiger partial charge in [-0.15, -0.1) is 47.2 Å². The summed E-state index contributed by atoms with van der Waals surface area (Å²) in [4.78, 5) is 10.6. The molecule has 0 spiro atoms. The van der Waals surface area contributed by atoms with E-state index >= 15 is 0 Å². The first-order valence-electron chi connectivity index (χ1n) is 13.9. The van der Waals surface area contributed by atoms with Gasteiger partial charge in [-0.25, -0.2) is 0 Å². The van der Waals surface area contributed by atoms with Crippen molar-refractivity contribution in [3.05, 3.63) is 137 Å². The predicted molar refractivity (Wildman–Crippen MR) is 169 cm³/mol. The average molecular weight is 729 g/mol. The Morgan fingerprint density at radius 1 is 0.854 bits per heavy atom. The number of thioether (sulfide) groups is 1. The van der Waals surface area contributed by atoms with Gasteiger partial charge in [0.1, 0.15) is 0 Å². The van der Waals surface area contributed by atoms with Gasteiger partial charge in [0.15, 0.2) is 0 Å². The third-order valence-corrected chi connectivity index (χ3v) is 9.91. The van der Waals surface area contributed by atoms with Gasteiger partial charge >= 0.3 is 0 Å². The predicted octanol–water partition coefficient (Wildman–Crippen LogP) is 7.05. The van der Waals surface area contributed by atoms with Gasteiger partial charge < -0.3 is 4.98 Å². The second kappa shape index (κ2) is 12.1. The van der Waals surface area contributed by atoms with Crippen LogP contribution in [-0.2, 0) is 25.5 Å². The average Bonchev–Trinajstić information content (AvgIpc) is 3.36. The van der Waals surface area contributed by atoms with Crippen molar-refractivity contribution in [3.63, 3.8) is 0 Å². The molecule has 0 aliphatic carbocycles. The molecule has 1 radical (unpaired) electrons. The molecule has 7 rings (SSSR count). The van der Waals surface area contributed by atoms with Crippen LogP contribution in [0.25, 0.3) is 11.3 Å². The summed E-state index contributed by atoms with van der Waals surface area (Å²) in [6.45, 7) is 11.3. The zero-order valence-electron chi connectivity index (χ0n) is 24.1.